The fourth-order valence-corrected chi connectivity index (χ4v) is 3.34. The molecule has 0 aromatic heterocycles. The molecule has 0 unspecified atom stereocenters. The molecule has 122 valence electrons. The van der Waals surface area contributed by atoms with E-state index in [0.29, 0.717) is 0 Å². The van der Waals surface area contributed by atoms with Gasteiger partial charge in [0.1, 0.15) is 4.90 Å². The smallest absolute Gasteiger partial charge is 0.347 e. The van der Waals surface area contributed by atoms with Crippen molar-refractivity contribution in [1.29, 1.82) is 0 Å². The van der Waals surface area contributed by atoms with Crippen molar-refractivity contribution in [2.75, 3.05) is 7.11 Å². The zero-order valence-corrected chi connectivity index (χ0v) is 13.5. The number of esters is 1. The maximum absolute atomic E-state index is 12.2. The highest BCUT2D eigenvalue weighted by atomic mass is 35.5. The molecule has 8 heteroatoms. The van der Waals surface area contributed by atoms with Gasteiger partial charge in [0.15, 0.2) is 0 Å². The average Bonchev–Trinajstić information content (AvgIpc) is 2.53. The summed E-state index contributed by atoms with van der Waals surface area (Å²) in [6.45, 7) is 0. The third-order valence-electron chi connectivity index (χ3n) is 3.30. The molecular weight excluding hydrogens is 344 g/mol. The van der Waals surface area contributed by atoms with E-state index < -0.39 is 31.6 Å². The van der Waals surface area contributed by atoms with Crippen LogP contribution in [0.2, 0.25) is 5.02 Å². The zero-order valence-electron chi connectivity index (χ0n) is 11.9. The Bertz CT molecular complexity index is 834. The van der Waals surface area contributed by atoms with Crippen LogP contribution in [0.5, 0.6) is 0 Å². The summed E-state index contributed by atoms with van der Waals surface area (Å²) in [6, 6.07) is 11.4. The second kappa shape index (κ2) is 6.29. The summed E-state index contributed by atoms with van der Waals surface area (Å²) in [5.41, 5.74) is -2.40. The van der Waals surface area contributed by atoms with Gasteiger partial charge in [0, 0.05) is 5.56 Å². The fourth-order valence-electron chi connectivity index (χ4n) is 2.20. The number of hydrogen-bond donors (Lipinski definition) is 2. The topological polar surface area (TPSA) is 101 Å². The Morgan fingerprint density at radius 1 is 1.13 bits per heavy atom. The molecule has 0 aliphatic heterocycles. The van der Waals surface area contributed by atoms with Crippen LogP contribution in [0.4, 0.5) is 0 Å². The van der Waals surface area contributed by atoms with E-state index in [4.69, 9.17) is 11.6 Å². The van der Waals surface area contributed by atoms with Crippen molar-refractivity contribution in [3.63, 3.8) is 0 Å². The lowest BCUT2D eigenvalue weighted by molar-refractivity contribution is -0.158. The summed E-state index contributed by atoms with van der Waals surface area (Å²) in [5, 5.41) is 10.5. The highest BCUT2D eigenvalue weighted by Gasteiger charge is 2.43. The van der Waals surface area contributed by atoms with E-state index in [2.05, 4.69) is 4.74 Å². The second-order valence-corrected chi connectivity index (χ2v) is 6.43. The fraction of sp³-hybridized carbons (Fsp3) is 0.133. The molecule has 6 nitrogen and oxygen atoms in total. The van der Waals surface area contributed by atoms with Crippen molar-refractivity contribution >= 4 is 27.7 Å². The molecule has 0 radical (unpaired) electrons. The predicted molar refractivity (Wildman–Crippen MR) is 82.7 cm³/mol. The molecule has 23 heavy (non-hydrogen) atoms. The molecule has 0 saturated heterocycles. The van der Waals surface area contributed by atoms with Gasteiger partial charge in [-0.1, -0.05) is 54.1 Å². The van der Waals surface area contributed by atoms with Crippen LogP contribution in [0.15, 0.2) is 53.4 Å². The zero-order chi connectivity index (χ0) is 17.3. The molecule has 2 rings (SSSR count). The van der Waals surface area contributed by atoms with E-state index >= 15 is 0 Å². The predicted octanol–water partition coefficient (Wildman–Crippen LogP) is 2.00. The molecular formula is C15H13ClO6S. The number of halogens is 1. The highest BCUT2D eigenvalue weighted by molar-refractivity contribution is 7.86. The Labute approximate surface area is 138 Å². The van der Waals surface area contributed by atoms with Crippen LogP contribution in [0.1, 0.15) is 11.1 Å². The Balaban J connectivity index is 2.80. The molecule has 0 bridgehead atoms. The van der Waals surface area contributed by atoms with Crippen molar-refractivity contribution in [2.24, 2.45) is 0 Å². The molecule has 0 aliphatic carbocycles. The number of carbonyl (C=O) groups is 1. The lowest BCUT2D eigenvalue weighted by Crippen LogP contribution is -2.38. The Hall–Kier alpha value is -1.93. The average molecular weight is 357 g/mol. The van der Waals surface area contributed by atoms with E-state index in [0.717, 1.165) is 13.2 Å². The van der Waals surface area contributed by atoms with Gasteiger partial charge in [-0.3, -0.25) is 4.55 Å². The molecule has 0 fully saturated rings. The summed E-state index contributed by atoms with van der Waals surface area (Å²) < 4.78 is 36.6. The van der Waals surface area contributed by atoms with E-state index in [1.54, 1.807) is 18.2 Å². The number of hydrogen-bond acceptors (Lipinski definition) is 5. The first-order valence-electron chi connectivity index (χ1n) is 6.35. The van der Waals surface area contributed by atoms with Gasteiger partial charge >= 0.3 is 5.97 Å². The van der Waals surface area contributed by atoms with Crippen LogP contribution >= 0.6 is 11.6 Å². The molecule has 0 aliphatic rings. The van der Waals surface area contributed by atoms with Crippen LogP contribution in [-0.2, 0) is 25.3 Å². The molecule has 1 atom stereocenters. The van der Waals surface area contributed by atoms with E-state index in [1.807, 2.05) is 0 Å². The normalized spacial score (nSPS) is 14.1. The highest BCUT2D eigenvalue weighted by Crippen LogP contribution is 2.38. The maximum Gasteiger partial charge on any atom is 0.347 e. The molecule has 0 spiro atoms. The largest absolute Gasteiger partial charge is 0.466 e. The molecule has 2 aromatic carbocycles. The van der Waals surface area contributed by atoms with Gasteiger partial charge < -0.3 is 9.84 Å². The first kappa shape index (κ1) is 17.4. The first-order chi connectivity index (χ1) is 10.7. The van der Waals surface area contributed by atoms with E-state index in [-0.39, 0.29) is 11.1 Å². The Kier molecular flexibility index (Phi) is 4.76. The van der Waals surface area contributed by atoms with Crippen molar-refractivity contribution in [3.8, 4) is 0 Å². The summed E-state index contributed by atoms with van der Waals surface area (Å²) >= 11 is 6.02. The molecule has 0 saturated carbocycles. The third kappa shape index (κ3) is 3.09. The minimum atomic E-state index is -4.63. The van der Waals surface area contributed by atoms with E-state index in [1.165, 1.54) is 24.3 Å². The second-order valence-electron chi connectivity index (χ2n) is 4.66. The number of methoxy groups -OCH3 is 1. The first-order valence-corrected chi connectivity index (χ1v) is 8.17. The van der Waals surface area contributed by atoms with Gasteiger partial charge in [-0.2, -0.15) is 8.42 Å². The minimum Gasteiger partial charge on any atom is -0.466 e. The summed E-state index contributed by atoms with van der Waals surface area (Å²) in [5.74, 6) is -1.04. The number of aliphatic hydroxyl groups is 1. The van der Waals surface area contributed by atoms with Crippen LogP contribution < -0.4 is 0 Å². The SMILES string of the molecule is COC(=O)[C@@](O)(c1ccccc1)c1cccc(S(=O)(=O)O)c1Cl. The lowest BCUT2D eigenvalue weighted by Gasteiger charge is -2.27. The van der Waals surface area contributed by atoms with Gasteiger partial charge in [0.2, 0.25) is 5.60 Å². The van der Waals surface area contributed by atoms with Crippen molar-refractivity contribution in [2.45, 2.75) is 10.5 Å². The van der Waals surface area contributed by atoms with Gasteiger partial charge in [0.25, 0.3) is 10.1 Å². The molecule has 2 aromatic rings. The maximum atomic E-state index is 12.2. The Morgan fingerprint density at radius 2 is 1.74 bits per heavy atom. The van der Waals surface area contributed by atoms with Crippen LogP contribution in [0.25, 0.3) is 0 Å². The third-order valence-corrected chi connectivity index (χ3v) is 4.72. The number of rotatable bonds is 4. The van der Waals surface area contributed by atoms with Gasteiger partial charge in [-0.15, -0.1) is 0 Å². The van der Waals surface area contributed by atoms with Crippen LogP contribution in [0, 0.1) is 0 Å². The van der Waals surface area contributed by atoms with Gasteiger partial charge in [-0.05, 0) is 11.6 Å². The monoisotopic (exact) mass is 356 g/mol. The molecule has 0 amide bonds. The van der Waals surface area contributed by atoms with E-state index in [9.17, 15) is 22.9 Å². The number of carbonyl (C=O) groups excluding carboxylic acids is 1. The quantitative estimate of drug-likeness (QED) is 0.641. The number of ether oxygens (including phenoxy) is 1. The lowest BCUT2D eigenvalue weighted by atomic mass is 9.86. The summed E-state index contributed by atoms with van der Waals surface area (Å²) in [7, 11) is -3.55. The van der Waals surface area contributed by atoms with Gasteiger partial charge in [-0.25, -0.2) is 4.79 Å². The standard InChI is InChI=1S/C15H13ClO6S/c1-22-14(17)15(18,10-6-3-2-4-7-10)11-8-5-9-12(13(11)16)23(19,20)21/h2-9,18H,1H3,(H,19,20,21)/t15-/m1/s1. The molecule has 2 N–H and O–H groups in total. The van der Waals surface area contributed by atoms with Crippen molar-refractivity contribution < 1.29 is 27.6 Å². The molecule has 0 heterocycles. The minimum absolute atomic E-state index is 0.140. The summed E-state index contributed by atoms with van der Waals surface area (Å²) in [4.78, 5) is 11.6. The van der Waals surface area contributed by atoms with Crippen LogP contribution in [0.3, 0.4) is 0 Å². The van der Waals surface area contributed by atoms with Crippen molar-refractivity contribution in [1.82, 2.24) is 0 Å². The van der Waals surface area contributed by atoms with Gasteiger partial charge in [0.05, 0.1) is 12.1 Å². The number of benzene rings is 2. The van der Waals surface area contributed by atoms with Crippen molar-refractivity contribution in [3.05, 3.63) is 64.7 Å². The Morgan fingerprint density at radius 3 is 2.26 bits per heavy atom. The van der Waals surface area contributed by atoms with Crippen LogP contribution in [-0.4, -0.2) is 31.2 Å². The summed E-state index contributed by atoms with van der Waals surface area (Å²) in [6.07, 6.45) is 0.